The van der Waals surface area contributed by atoms with Crippen molar-refractivity contribution in [1.82, 2.24) is 25.2 Å². The molecule has 0 saturated heterocycles. The summed E-state index contributed by atoms with van der Waals surface area (Å²) in [6.07, 6.45) is -0.752. The highest BCUT2D eigenvalue weighted by Crippen LogP contribution is 2.25. The Labute approximate surface area is 172 Å². The molecule has 0 fully saturated rings. The van der Waals surface area contributed by atoms with Crippen molar-refractivity contribution in [2.75, 3.05) is 7.11 Å². The maximum absolute atomic E-state index is 12.6. The van der Waals surface area contributed by atoms with E-state index in [1.807, 2.05) is 30.3 Å². The molecule has 0 bridgehead atoms. The van der Waals surface area contributed by atoms with Crippen LogP contribution < -0.4 is 4.74 Å². The number of rotatable bonds is 6. The standard InChI is InChI=1S/C21H19N5O4/c1-13-18(25-26(24-13)16-7-5-4-6-8-16)21(27)29-14(2)19-22-23-20(30-19)15-9-11-17(28-3)12-10-15/h4-12,14H,1-3H3/t14-/m0/s1. The maximum atomic E-state index is 12.6. The van der Waals surface area contributed by atoms with Crippen molar-refractivity contribution in [2.45, 2.75) is 20.0 Å². The van der Waals surface area contributed by atoms with Crippen LogP contribution in [0.25, 0.3) is 17.1 Å². The van der Waals surface area contributed by atoms with Gasteiger partial charge in [0.2, 0.25) is 5.89 Å². The van der Waals surface area contributed by atoms with E-state index in [1.54, 1.807) is 45.2 Å². The summed E-state index contributed by atoms with van der Waals surface area (Å²) in [5.74, 6) is 0.607. The van der Waals surface area contributed by atoms with Gasteiger partial charge in [-0.1, -0.05) is 18.2 Å². The number of esters is 1. The van der Waals surface area contributed by atoms with Gasteiger partial charge in [-0.2, -0.15) is 9.90 Å². The molecule has 0 radical (unpaired) electrons. The van der Waals surface area contributed by atoms with Crippen LogP contribution in [-0.2, 0) is 4.74 Å². The van der Waals surface area contributed by atoms with Gasteiger partial charge in [0.1, 0.15) is 5.75 Å². The quantitative estimate of drug-likeness (QED) is 0.449. The molecule has 0 saturated carbocycles. The molecule has 0 N–H and O–H groups in total. The third-order valence-electron chi connectivity index (χ3n) is 4.37. The van der Waals surface area contributed by atoms with Crippen LogP contribution in [0.15, 0.2) is 59.0 Å². The zero-order valence-corrected chi connectivity index (χ0v) is 16.6. The van der Waals surface area contributed by atoms with Crippen LogP contribution in [0.4, 0.5) is 0 Å². The first-order valence-corrected chi connectivity index (χ1v) is 9.23. The molecule has 2 heterocycles. The number of hydrogen-bond donors (Lipinski definition) is 0. The Hall–Kier alpha value is -4.01. The lowest BCUT2D eigenvalue weighted by molar-refractivity contribution is 0.0271. The minimum absolute atomic E-state index is 0.126. The third-order valence-corrected chi connectivity index (χ3v) is 4.37. The van der Waals surface area contributed by atoms with Gasteiger partial charge in [-0.05, 0) is 50.2 Å². The molecule has 1 atom stereocenters. The second-order valence-electron chi connectivity index (χ2n) is 6.48. The molecule has 2 aromatic heterocycles. The molecule has 9 nitrogen and oxygen atoms in total. The zero-order chi connectivity index (χ0) is 21.1. The van der Waals surface area contributed by atoms with Crippen LogP contribution in [0.2, 0.25) is 0 Å². The van der Waals surface area contributed by atoms with Crippen LogP contribution in [-0.4, -0.2) is 38.3 Å². The summed E-state index contributed by atoms with van der Waals surface area (Å²) in [6.45, 7) is 3.35. The first-order chi connectivity index (χ1) is 14.5. The van der Waals surface area contributed by atoms with Gasteiger partial charge >= 0.3 is 5.97 Å². The van der Waals surface area contributed by atoms with Crippen molar-refractivity contribution in [2.24, 2.45) is 0 Å². The van der Waals surface area contributed by atoms with Gasteiger partial charge in [0.05, 0.1) is 18.5 Å². The fraction of sp³-hybridized carbons (Fsp3) is 0.190. The predicted molar refractivity (Wildman–Crippen MR) is 106 cm³/mol. The summed E-state index contributed by atoms with van der Waals surface area (Å²) < 4.78 is 16.3. The van der Waals surface area contributed by atoms with E-state index in [-0.39, 0.29) is 11.6 Å². The molecule has 0 amide bonds. The maximum Gasteiger partial charge on any atom is 0.361 e. The predicted octanol–water partition coefficient (Wildman–Crippen LogP) is 3.55. The summed E-state index contributed by atoms with van der Waals surface area (Å²) in [6, 6.07) is 16.5. The Morgan fingerprint density at radius 1 is 1.03 bits per heavy atom. The molecule has 2 aromatic carbocycles. The number of ether oxygens (including phenoxy) is 2. The zero-order valence-electron chi connectivity index (χ0n) is 16.6. The lowest BCUT2D eigenvalue weighted by atomic mass is 10.2. The number of aromatic nitrogens is 5. The van der Waals surface area contributed by atoms with Gasteiger partial charge in [-0.3, -0.25) is 0 Å². The molecule has 0 aliphatic heterocycles. The van der Waals surface area contributed by atoms with E-state index in [9.17, 15) is 4.79 Å². The summed E-state index contributed by atoms with van der Waals surface area (Å²) in [5, 5.41) is 16.5. The molecule has 152 valence electrons. The lowest BCUT2D eigenvalue weighted by Gasteiger charge is -2.07. The van der Waals surface area contributed by atoms with Crippen molar-refractivity contribution in [1.29, 1.82) is 0 Å². The van der Waals surface area contributed by atoms with E-state index in [4.69, 9.17) is 13.9 Å². The SMILES string of the molecule is COc1ccc(-c2nnc([C@H](C)OC(=O)c3nn(-c4ccccc4)nc3C)o2)cc1. The molecule has 0 aliphatic rings. The fourth-order valence-corrected chi connectivity index (χ4v) is 2.76. The van der Waals surface area contributed by atoms with E-state index in [1.165, 1.54) is 4.80 Å². The van der Waals surface area contributed by atoms with Crippen LogP contribution in [0.3, 0.4) is 0 Å². The van der Waals surface area contributed by atoms with Gasteiger partial charge < -0.3 is 13.9 Å². The Morgan fingerprint density at radius 3 is 2.47 bits per heavy atom. The van der Waals surface area contributed by atoms with E-state index < -0.39 is 12.1 Å². The number of benzene rings is 2. The van der Waals surface area contributed by atoms with E-state index in [0.717, 1.165) is 17.0 Å². The van der Waals surface area contributed by atoms with Gasteiger partial charge in [-0.25, -0.2) is 4.79 Å². The number of nitrogens with zero attached hydrogens (tertiary/aromatic N) is 5. The van der Waals surface area contributed by atoms with E-state index in [0.29, 0.717) is 11.6 Å². The normalized spacial score (nSPS) is 11.8. The van der Waals surface area contributed by atoms with Crippen molar-refractivity contribution < 1.29 is 18.7 Å². The number of hydrogen-bond acceptors (Lipinski definition) is 8. The second kappa shape index (κ2) is 8.16. The number of aryl methyl sites for hydroxylation is 1. The number of carbonyl (C=O) groups excluding carboxylic acids is 1. The molecule has 4 rings (SSSR count). The highest BCUT2D eigenvalue weighted by atomic mass is 16.6. The monoisotopic (exact) mass is 405 g/mol. The van der Waals surface area contributed by atoms with Crippen LogP contribution in [0, 0.1) is 6.92 Å². The van der Waals surface area contributed by atoms with Gasteiger partial charge in [0.25, 0.3) is 5.89 Å². The average molecular weight is 405 g/mol. The minimum atomic E-state index is -0.752. The van der Waals surface area contributed by atoms with E-state index >= 15 is 0 Å². The first kappa shape index (κ1) is 19.3. The lowest BCUT2D eigenvalue weighted by Crippen LogP contribution is -2.11. The van der Waals surface area contributed by atoms with Gasteiger partial charge in [0, 0.05) is 5.56 Å². The number of carbonyl (C=O) groups is 1. The largest absolute Gasteiger partial charge is 0.497 e. The molecule has 9 heteroatoms. The van der Waals surface area contributed by atoms with Crippen molar-refractivity contribution >= 4 is 5.97 Å². The first-order valence-electron chi connectivity index (χ1n) is 9.23. The average Bonchev–Trinajstić information content (AvgIpc) is 3.42. The van der Waals surface area contributed by atoms with Crippen LogP contribution in [0.5, 0.6) is 5.75 Å². The van der Waals surface area contributed by atoms with Crippen LogP contribution in [0.1, 0.15) is 35.1 Å². The van der Waals surface area contributed by atoms with E-state index in [2.05, 4.69) is 20.4 Å². The molecule has 0 unspecified atom stereocenters. The fourth-order valence-electron chi connectivity index (χ4n) is 2.76. The summed E-state index contributed by atoms with van der Waals surface area (Å²) in [5.41, 5.74) is 2.06. The van der Waals surface area contributed by atoms with Crippen molar-refractivity contribution in [3.63, 3.8) is 0 Å². The smallest absolute Gasteiger partial charge is 0.361 e. The molecule has 0 spiro atoms. The molecule has 30 heavy (non-hydrogen) atoms. The van der Waals surface area contributed by atoms with Gasteiger partial charge in [0.15, 0.2) is 11.8 Å². The van der Waals surface area contributed by atoms with Gasteiger partial charge in [-0.15, -0.1) is 15.3 Å². The third kappa shape index (κ3) is 3.90. The van der Waals surface area contributed by atoms with Crippen LogP contribution >= 0.6 is 0 Å². The molecule has 0 aliphatic carbocycles. The Morgan fingerprint density at radius 2 is 1.77 bits per heavy atom. The van der Waals surface area contributed by atoms with Crippen molar-refractivity contribution in [3.8, 4) is 22.9 Å². The second-order valence-corrected chi connectivity index (χ2v) is 6.48. The summed E-state index contributed by atoms with van der Waals surface area (Å²) in [7, 11) is 1.59. The number of para-hydroxylation sites is 1. The highest BCUT2D eigenvalue weighted by Gasteiger charge is 2.24. The molecular weight excluding hydrogens is 386 g/mol. The summed E-state index contributed by atoms with van der Waals surface area (Å²) in [4.78, 5) is 14.0. The Kier molecular flexibility index (Phi) is 5.25. The minimum Gasteiger partial charge on any atom is -0.497 e. The summed E-state index contributed by atoms with van der Waals surface area (Å²) >= 11 is 0. The molecular formula is C21H19N5O4. The topological polar surface area (TPSA) is 105 Å². The molecule has 4 aromatic rings. The number of methoxy groups -OCH3 is 1. The Bertz CT molecular complexity index is 1150. The highest BCUT2D eigenvalue weighted by molar-refractivity contribution is 5.88. The van der Waals surface area contributed by atoms with Crippen molar-refractivity contribution in [3.05, 3.63) is 71.9 Å². The Balaban J connectivity index is 1.48.